The number of hydrogen-bond acceptors (Lipinski definition) is 4. The van der Waals surface area contributed by atoms with Gasteiger partial charge < -0.3 is 10.1 Å². The lowest BCUT2D eigenvalue weighted by Gasteiger charge is -2.50. The minimum atomic E-state index is -1.02. The molecule has 0 radical (unpaired) electrons. The zero-order valence-corrected chi connectivity index (χ0v) is 13.2. The Labute approximate surface area is 142 Å². The van der Waals surface area contributed by atoms with Crippen molar-refractivity contribution in [1.82, 2.24) is 5.32 Å². The number of nitrogens with zero attached hydrogens (tertiary/aromatic N) is 2. The van der Waals surface area contributed by atoms with Crippen molar-refractivity contribution in [2.75, 3.05) is 4.90 Å². The zero-order chi connectivity index (χ0) is 17.8. The van der Waals surface area contributed by atoms with Crippen molar-refractivity contribution >= 4 is 17.4 Å². The summed E-state index contributed by atoms with van der Waals surface area (Å²) in [6.45, 7) is 1.74. The van der Waals surface area contributed by atoms with Crippen molar-refractivity contribution in [3.63, 3.8) is 0 Å². The lowest BCUT2D eigenvalue weighted by molar-refractivity contribution is -0.385. The van der Waals surface area contributed by atoms with Gasteiger partial charge in [0.1, 0.15) is 11.6 Å². The van der Waals surface area contributed by atoms with Crippen LogP contribution < -0.4 is 15.0 Å². The summed E-state index contributed by atoms with van der Waals surface area (Å²) in [5, 5.41) is 13.8. The molecule has 0 aromatic heterocycles. The summed E-state index contributed by atoms with van der Waals surface area (Å²) in [6.07, 6.45) is 0.378. The van der Waals surface area contributed by atoms with Gasteiger partial charge in [0.2, 0.25) is 0 Å². The highest BCUT2D eigenvalue weighted by atomic mass is 19.1. The molecule has 128 valence electrons. The molecule has 0 aliphatic carbocycles. The average molecular weight is 343 g/mol. The highest BCUT2D eigenvalue weighted by Crippen LogP contribution is 2.46. The fourth-order valence-electron chi connectivity index (χ4n) is 3.48. The third-order valence-electron chi connectivity index (χ3n) is 4.53. The second-order valence-corrected chi connectivity index (χ2v) is 6.28. The van der Waals surface area contributed by atoms with Crippen molar-refractivity contribution in [3.8, 4) is 5.75 Å². The summed E-state index contributed by atoms with van der Waals surface area (Å²) in [7, 11) is 0. The number of fused-ring (bicyclic) bond motifs is 4. The van der Waals surface area contributed by atoms with E-state index in [1.807, 2.05) is 0 Å². The molecule has 0 unspecified atom stereocenters. The van der Waals surface area contributed by atoms with Crippen molar-refractivity contribution in [3.05, 3.63) is 64.0 Å². The number of hydrogen-bond donors (Lipinski definition) is 1. The molecular weight excluding hydrogens is 329 g/mol. The van der Waals surface area contributed by atoms with Crippen LogP contribution in [0.2, 0.25) is 0 Å². The average Bonchev–Trinajstić information content (AvgIpc) is 2.53. The van der Waals surface area contributed by atoms with Gasteiger partial charge in [0.25, 0.3) is 5.69 Å². The van der Waals surface area contributed by atoms with Crippen LogP contribution in [-0.4, -0.2) is 16.7 Å². The summed E-state index contributed by atoms with van der Waals surface area (Å²) in [5.74, 6) is 0.00797. The predicted molar refractivity (Wildman–Crippen MR) is 86.9 cm³/mol. The smallest absolute Gasteiger partial charge is 0.325 e. The number of anilines is 1. The first-order valence-corrected chi connectivity index (χ1v) is 7.71. The van der Waals surface area contributed by atoms with Crippen LogP contribution in [0, 0.1) is 15.9 Å². The number of nitro groups is 1. The van der Waals surface area contributed by atoms with E-state index in [9.17, 15) is 19.3 Å². The molecule has 25 heavy (non-hydrogen) atoms. The van der Waals surface area contributed by atoms with Crippen molar-refractivity contribution < 1.29 is 18.8 Å². The van der Waals surface area contributed by atoms with E-state index >= 15 is 0 Å². The number of halogens is 1. The molecule has 1 saturated heterocycles. The molecule has 2 aliphatic rings. The molecule has 2 bridgehead atoms. The Morgan fingerprint density at radius 1 is 1.36 bits per heavy atom. The van der Waals surface area contributed by atoms with E-state index in [0.29, 0.717) is 23.4 Å². The van der Waals surface area contributed by atoms with Crippen LogP contribution in [0.25, 0.3) is 0 Å². The van der Waals surface area contributed by atoms with Gasteiger partial charge in [-0.25, -0.2) is 9.18 Å². The first-order valence-electron chi connectivity index (χ1n) is 7.71. The van der Waals surface area contributed by atoms with Crippen LogP contribution in [-0.2, 0) is 0 Å². The Morgan fingerprint density at radius 3 is 2.88 bits per heavy atom. The van der Waals surface area contributed by atoms with Crippen molar-refractivity contribution in [2.45, 2.75) is 25.1 Å². The Balaban J connectivity index is 1.79. The SMILES string of the molecule is C[C@]12C[C@@H](NC(=O)N1c1cccc(F)c1)c1cc([N+](=O)[O-])ccc1O2. The van der Waals surface area contributed by atoms with Gasteiger partial charge in [-0.1, -0.05) is 6.07 Å². The molecule has 2 aromatic carbocycles. The Bertz CT molecular complexity index is 903. The van der Waals surface area contributed by atoms with Gasteiger partial charge in [0.15, 0.2) is 5.72 Å². The van der Waals surface area contributed by atoms with Gasteiger partial charge in [0.05, 0.1) is 16.7 Å². The van der Waals surface area contributed by atoms with Crippen LogP contribution in [0.4, 0.5) is 20.6 Å². The number of carbonyl (C=O) groups is 1. The standard InChI is InChI=1S/C17H14FN3O4/c1-17-9-14(13-8-12(21(23)24)5-6-15(13)25-17)19-16(22)20(17)11-4-2-3-10(18)7-11/h2-8,14H,9H2,1H3,(H,19,22)/t14-,17+/m1/s1. The van der Waals surface area contributed by atoms with Gasteiger partial charge >= 0.3 is 6.03 Å². The number of non-ortho nitro benzene ring substituents is 1. The molecule has 2 aliphatic heterocycles. The van der Waals surface area contributed by atoms with Gasteiger partial charge in [-0.05, 0) is 31.2 Å². The molecule has 2 atom stereocenters. The normalized spacial score (nSPS) is 24.2. The molecule has 0 saturated carbocycles. The Hall–Kier alpha value is -3.16. The lowest BCUT2D eigenvalue weighted by Crippen LogP contribution is -2.65. The first kappa shape index (κ1) is 15.4. The maximum Gasteiger partial charge on any atom is 0.325 e. The molecule has 2 heterocycles. The molecule has 1 fully saturated rings. The minimum Gasteiger partial charge on any atom is -0.467 e. The molecular formula is C17H14FN3O4. The lowest BCUT2D eigenvalue weighted by atomic mass is 9.90. The van der Waals surface area contributed by atoms with Crippen LogP contribution in [0.3, 0.4) is 0 Å². The second kappa shape index (κ2) is 5.17. The van der Waals surface area contributed by atoms with Crippen LogP contribution in [0.1, 0.15) is 24.9 Å². The van der Waals surface area contributed by atoms with E-state index in [0.717, 1.165) is 0 Å². The third kappa shape index (κ3) is 2.37. The van der Waals surface area contributed by atoms with E-state index in [1.165, 1.54) is 41.3 Å². The highest BCUT2D eigenvalue weighted by molar-refractivity contribution is 5.94. The van der Waals surface area contributed by atoms with Crippen LogP contribution >= 0.6 is 0 Å². The number of benzene rings is 2. The molecule has 1 N–H and O–H groups in total. The minimum absolute atomic E-state index is 0.0623. The molecule has 7 nitrogen and oxygen atoms in total. The summed E-state index contributed by atoms with van der Waals surface area (Å²) >= 11 is 0. The second-order valence-electron chi connectivity index (χ2n) is 6.28. The van der Waals surface area contributed by atoms with E-state index in [2.05, 4.69) is 5.32 Å². The fourth-order valence-corrected chi connectivity index (χ4v) is 3.48. The fraction of sp³-hybridized carbons (Fsp3) is 0.235. The monoisotopic (exact) mass is 343 g/mol. The molecule has 2 aromatic rings. The van der Waals surface area contributed by atoms with E-state index < -0.39 is 28.5 Å². The summed E-state index contributed by atoms with van der Waals surface area (Å²) < 4.78 is 19.6. The van der Waals surface area contributed by atoms with Crippen molar-refractivity contribution in [2.24, 2.45) is 0 Å². The van der Waals surface area contributed by atoms with Gasteiger partial charge in [0, 0.05) is 24.1 Å². The van der Waals surface area contributed by atoms with Gasteiger partial charge in [-0.2, -0.15) is 0 Å². The summed E-state index contributed by atoms with van der Waals surface area (Å²) in [4.78, 5) is 24.5. The molecule has 4 rings (SSSR count). The summed E-state index contributed by atoms with van der Waals surface area (Å²) in [6, 6.07) is 9.16. The van der Waals surface area contributed by atoms with E-state index in [1.54, 1.807) is 13.0 Å². The van der Waals surface area contributed by atoms with E-state index in [-0.39, 0.29) is 5.69 Å². The summed E-state index contributed by atoms with van der Waals surface area (Å²) in [5.41, 5.74) is -0.139. The molecule has 8 heteroatoms. The van der Waals surface area contributed by atoms with Crippen LogP contribution in [0.15, 0.2) is 42.5 Å². The Morgan fingerprint density at radius 2 is 2.16 bits per heavy atom. The largest absolute Gasteiger partial charge is 0.467 e. The molecule has 0 spiro atoms. The highest BCUT2D eigenvalue weighted by Gasteiger charge is 2.50. The zero-order valence-electron chi connectivity index (χ0n) is 13.2. The number of nitrogens with one attached hydrogen (secondary N) is 1. The molecule has 2 amide bonds. The third-order valence-corrected chi connectivity index (χ3v) is 4.53. The number of rotatable bonds is 2. The van der Waals surface area contributed by atoms with Crippen molar-refractivity contribution in [1.29, 1.82) is 0 Å². The maximum absolute atomic E-state index is 13.6. The van der Waals surface area contributed by atoms with Gasteiger partial charge in [-0.15, -0.1) is 0 Å². The van der Waals surface area contributed by atoms with E-state index in [4.69, 9.17) is 4.74 Å². The number of amides is 2. The quantitative estimate of drug-likeness (QED) is 0.668. The predicted octanol–water partition coefficient (Wildman–Crippen LogP) is 3.50. The van der Waals surface area contributed by atoms with Gasteiger partial charge in [-0.3, -0.25) is 15.0 Å². The number of urea groups is 1. The topological polar surface area (TPSA) is 84.7 Å². The number of carbonyl (C=O) groups excluding carboxylic acids is 1. The first-order chi connectivity index (χ1) is 11.9. The number of ether oxygens (including phenoxy) is 1. The Kier molecular flexibility index (Phi) is 3.18. The maximum atomic E-state index is 13.6. The number of nitro benzene ring substituents is 1. The van der Waals surface area contributed by atoms with Crippen LogP contribution in [0.5, 0.6) is 5.75 Å².